The van der Waals surface area contributed by atoms with Crippen molar-refractivity contribution in [2.75, 3.05) is 33.3 Å². The van der Waals surface area contributed by atoms with Crippen molar-refractivity contribution < 1.29 is 9.53 Å². The largest absolute Gasteiger partial charge is 0.376 e. The zero-order valence-electron chi connectivity index (χ0n) is 12.0. The molecule has 7 heteroatoms. The van der Waals surface area contributed by atoms with Crippen molar-refractivity contribution in [2.24, 2.45) is 16.6 Å². The van der Waals surface area contributed by atoms with Crippen molar-refractivity contribution in [2.45, 2.75) is 31.8 Å². The van der Waals surface area contributed by atoms with E-state index >= 15 is 0 Å². The first-order valence-electron chi connectivity index (χ1n) is 7.04. The zero-order valence-corrected chi connectivity index (χ0v) is 14.3. The van der Waals surface area contributed by atoms with Crippen LogP contribution in [0.3, 0.4) is 0 Å². The number of ether oxygens (including phenoxy) is 1. The first-order chi connectivity index (χ1) is 9.15. The van der Waals surface area contributed by atoms with Gasteiger partial charge in [0.15, 0.2) is 5.96 Å². The molecule has 0 saturated carbocycles. The molecule has 2 fully saturated rings. The number of hydrogen-bond acceptors (Lipinski definition) is 3. The fourth-order valence-electron chi connectivity index (χ4n) is 2.47. The topological polar surface area (TPSA) is 79.9 Å². The average molecular weight is 396 g/mol. The molecule has 0 spiro atoms. The lowest BCUT2D eigenvalue weighted by molar-refractivity contribution is -0.133. The normalized spacial score (nSPS) is 27.4. The lowest BCUT2D eigenvalue weighted by Crippen LogP contribution is -2.39. The number of carbonyl (C=O) groups is 1. The molecule has 2 saturated heterocycles. The van der Waals surface area contributed by atoms with Crippen molar-refractivity contribution in [1.29, 1.82) is 0 Å². The van der Waals surface area contributed by atoms with Crippen LogP contribution in [0.2, 0.25) is 0 Å². The number of hydrogen-bond donors (Lipinski definition) is 2. The van der Waals surface area contributed by atoms with E-state index < -0.39 is 0 Å². The molecule has 6 nitrogen and oxygen atoms in total. The third-order valence-electron chi connectivity index (χ3n) is 3.82. The second-order valence-corrected chi connectivity index (χ2v) is 5.42. The van der Waals surface area contributed by atoms with Gasteiger partial charge in [-0.1, -0.05) is 0 Å². The average Bonchev–Trinajstić information content (AvgIpc) is 2.91. The van der Waals surface area contributed by atoms with Gasteiger partial charge in [-0.15, -0.1) is 24.0 Å². The van der Waals surface area contributed by atoms with E-state index in [0.29, 0.717) is 24.8 Å². The third kappa shape index (κ3) is 5.43. The standard InChI is InChI=1S/C13H24N4O2.HI/c1-17-5-4-10(7-12(17)18)8-15-13(14)16-9-11-3-2-6-19-11;/h10-11H,2-9H2,1H3,(H3,14,15,16);1H. The molecule has 0 aromatic rings. The smallest absolute Gasteiger partial charge is 0.222 e. The van der Waals surface area contributed by atoms with E-state index in [9.17, 15) is 4.79 Å². The Bertz CT molecular complexity index is 345. The maximum absolute atomic E-state index is 11.6. The van der Waals surface area contributed by atoms with Gasteiger partial charge in [-0.05, 0) is 25.2 Å². The quantitative estimate of drug-likeness (QED) is 0.414. The Morgan fingerprint density at radius 2 is 2.35 bits per heavy atom. The fourth-order valence-corrected chi connectivity index (χ4v) is 2.47. The molecule has 0 aromatic heterocycles. The summed E-state index contributed by atoms with van der Waals surface area (Å²) in [5, 5.41) is 3.09. The van der Waals surface area contributed by atoms with E-state index in [0.717, 1.165) is 39.0 Å². The summed E-state index contributed by atoms with van der Waals surface area (Å²) < 4.78 is 5.50. The van der Waals surface area contributed by atoms with E-state index in [1.54, 1.807) is 4.90 Å². The van der Waals surface area contributed by atoms with Gasteiger partial charge in [0.1, 0.15) is 0 Å². The van der Waals surface area contributed by atoms with E-state index in [2.05, 4.69) is 10.3 Å². The number of amides is 1. The predicted octanol–water partition coefficient (Wildman–Crippen LogP) is 0.556. The second kappa shape index (κ2) is 8.66. The summed E-state index contributed by atoms with van der Waals surface area (Å²) in [6, 6.07) is 0. The lowest BCUT2D eigenvalue weighted by Gasteiger charge is -2.27. The highest BCUT2D eigenvalue weighted by Gasteiger charge is 2.22. The van der Waals surface area contributed by atoms with Crippen LogP contribution in [-0.4, -0.2) is 56.2 Å². The van der Waals surface area contributed by atoms with Crippen molar-refractivity contribution >= 4 is 35.8 Å². The number of halogens is 1. The van der Waals surface area contributed by atoms with Crippen LogP contribution in [-0.2, 0) is 9.53 Å². The van der Waals surface area contributed by atoms with Crippen LogP contribution in [0.4, 0.5) is 0 Å². The first-order valence-corrected chi connectivity index (χ1v) is 7.04. The minimum atomic E-state index is 0. The number of guanidine groups is 1. The van der Waals surface area contributed by atoms with Crippen LogP contribution in [0.25, 0.3) is 0 Å². The maximum atomic E-state index is 11.6. The molecule has 2 unspecified atom stereocenters. The SMILES string of the molecule is CN1CCC(CN=C(N)NCC2CCCO2)CC1=O.I. The van der Waals surface area contributed by atoms with Gasteiger partial charge < -0.3 is 20.7 Å². The molecule has 2 heterocycles. The van der Waals surface area contributed by atoms with Crippen LogP contribution < -0.4 is 11.1 Å². The van der Waals surface area contributed by atoms with Crippen molar-refractivity contribution in [1.82, 2.24) is 10.2 Å². The van der Waals surface area contributed by atoms with E-state index in [1.807, 2.05) is 7.05 Å². The van der Waals surface area contributed by atoms with Crippen molar-refractivity contribution in [3.05, 3.63) is 0 Å². The highest BCUT2D eigenvalue weighted by Crippen LogP contribution is 2.17. The van der Waals surface area contributed by atoms with Gasteiger partial charge in [0.2, 0.25) is 5.91 Å². The summed E-state index contributed by atoms with van der Waals surface area (Å²) in [5.41, 5.74) is 5.82. The molecule has 1 amide bonds. The molecule has 0 bridgehead atoms. The Kier molecular flexibility index (Phi) is 7.57. The molecular formula is C13H25IN4O2. The van der Waals surface area contributed by atoms with Crippen LogP contribution in [0, 0.1) is 5.92 Å². The lowest BCUT2D eigenvalue weighted by atomic mass is 9.97. The number of nitrogens with zero attached hydrogens (tertiary/aromatic N) is 2. The Balaban J connectivity index is 0.00000200. The maximum Gasteiger partial charge on any atom is 0.222 e. The number of carbonyl (C=O) groups excluding carboxylic acids is 1. The van der Waals surface area contributed by atoms with E-state index in [1.165, 1.54) is 0 Å². The molecule has 2 aliphatic heterocycles. The first kappa shape index (κ1) is 17.5. The zero-order chi connectivity index (χ0) is 13.7. The number of nitrogens with two attached hydrogens (primary N) is 1. The number of piperidine rings is 1. The molecule has 20 heavy (non-hydrogen) atoms. The number of nitrogens with one attached hydrogen (secondary N) is 1. The molecular weight excluding hydrogens is 371 g/mol. The summed E-state index contributed by atoms with van der Waals surface area (Å²) in [7, 11) is 1.85. The number of rotatable bonds is 4. The Labute approximate surface area is 137 Å². The van der Waals surface area contributed by atoms with Crippen LogP contribution in [0.15, 0.2) is 4.99 Å². The van der Waals surface area contributed by atoms with Crippen molar-refractivity contribution in [3.8, 4) is 0 Å². The summed E-state index contributed by atoms with van der Waals surface area (Å²) in [4.78, 5) is 17.7. The second-order valence-electron chi connectivity index (χ2n) is 5.42. The summed E-state index contributed by atoms with van der Waals surface area (Å²) in [6.07, 6.45) is 4.06. The van der Waals surface area contributed by atoms with Crippen LogP contribution in [0.5, 0.6) is 0 Å². The predicted molar refractivity (Wildman–Crippen MR) is 89.2 cm³/mol. The molecule has 0 aliphatic carbocycles. The monoisotopic (exact) mass is 396 g/mol. The molecule has 3 N–H and O–H groups in total. The minimum absolute atomic E-state index is 0. The van der Waals surface area contributed by atoms with Gasteiger partial charge in [-0.25, -0.2) is 0 Å². The molecule has 2 rings (SSSR count). The van der Waals surface area contributed by atoms with Gasteiger partial charge in [0, 0.05) is 39.7 Å². The van der Waals surface area contributed by atoms with Gasteiger partial charge in [0.25, 0.3) is 0 Å². The summed E-state index contributed by atoms with van der Waals surface area (Å²) in [6.45, 7) is 3.02. The molecule has 116 valence electrons. The number of likely N-dealkylation sites (tertiary alicyclic amines) is 1. The molecule has 0 radical (unpaired) electrons. The number of aliphatic imine (C=N–C) groups is 1. The van der Waals surface area contributed by atoms with E-state index in [-0.39, 0.29) is 36.0 Å². The van der Waals surface area contributed by atoms with Crippen LogP contribution in [0.1, 0.15) is 25.7 Å². The molecule has 2 atom stereocenters. The fraction of sp³-hybridized carbons (Fsp3) is 0.846. The van der Waals surface area contributed by atoms with Gasteiger partial charge in [0.05, 0.1) is 6.10 Å². The highest BCUT2D eigenvalue weighted by molar-refractivity contribution is 14.0. The molecule has 2 aliphatic rings. The van der Waals surface area contributed by atoms with Crippen LogP contribution >= 0.6 is 24.0 Å². The third-order valence-corrected chi connectivity index (χ3v) is 3.82. The van der Waals surface area contributed by atoms with Gasteiger partial charge >= 0.3 is 0 Å². The van der Waals surface area contributed by atoms with E-state index in [4.69, 9.17) is 10.5 Å². The molecule has 0 aromatic carbocycles. The summed E-state index contributed by atoms with van der Waals surface area (Å²) in [5.74, 6) is 0.992. The van der Waals surface area contributed by atoms with Crippen molar-refractivity contribution in [3.63, 3.8) is 0 Å². The highest BCUT2D eigenvalue weighted by atomic mass is 127. The summed E-state index contributed by atoms with van der Waals surface area (Å²) >= 11 is 0. The van der Waals surface area contributed by atoms with Gasteiger partial charge in [-0.2, -0.15) is 0 Å². The van der Waals surface area contributed by atoms with Gasteiger partial charge in [-0.3, -0.25) is 9.79 Å². The Morgan fingerprint density at radius 1 is 1.55 bits per heavy atom. The Hall–Kier alpha value is -0.570. The minimum Gasteiger partial charge on any atom is -0.376 e. The Morgan fingerprint density at radius 3 is 3.00 bits per heavy atom.